The predicted molar refractivity (Wildman–Crippen MR) is 53.5 cm³/mol. The zero-order chi connectivity index (χ0) is 10.7. The minimum atomic E-state index is -1.04. The Balaban J connectivity index is 3.20. The van der Waals surface area contributed by atoms with Gasteiger partial charge in [0.1, 0.15) is 0 Å². The van der Waals surface area contributed by atoms with Crippen molar-refractivity contribution in [1.82, 2.24) is 0 Å². The molecule has 1 aromatic rings. The summed E-state index contributed by atoms with van der Waals surface area (Å²) in [6.07, 6.45) is -1.04. The van der Waals surface area contributed by atoms with Crippen LogP contribution in [0.1, 0.15) is 11.1 Å². The van der Waals surface area contributed by atoms with Crippen LogP contribution in [0.3, 0.4) is 0 Å². The van der Waals surface area contributed by atoms with Gasteiger partial charge in [-0.3, -0.25) is 4.90 Å². The van der Waals surface area contributed by atoms with E-state index in [0.717, 1.165) is 10.5 Å². The molecule has 0 aliphatic heterocycles. The number of hydrogen-bond acceptors (Lipinski definition) is 2. The van der Waals surface area contributed by atoms with Gasteiger partial charge in [0.05, 0.1) is 12.3 Å². The second-order valence-corrected chi connectivity index (χ2v) is 3.07. The molecule has 4 nitrogen and oxygen atoms in total. The maximum absolute atomic E-state index is 10.7. The molecular weight excluding hydrogens is 182 g/mol. The number of nitrogens with zero attached hydrogens (tertiary/aromatic N) is 1. The monoisotopic (exact) mass is 195 g/mol. The Morgan fingerprint density at radius 1 is 1.50 bits per heavy atom. The lowest BCUT2D eigenvalue weighted by molar-refractivity contribution is 0.203. The van der Waals surface area contributed by atoms with Crippen LogP contribution in [0.25, 0.3) is 0 Å². The van der Waals surface area contributed by atoms with Gasteiger partial charge in [0, 0.05) is 12.6 Å². The summed E-state index contributed by atoms with van der Waals surface area (Å²) in [5, 5.41) is 17.9. The molecule has 0 saturated carbocycles. The zero-order valence-corrected chi connectivity index (χ0v) is 8.19. The van der Waals surface area contributed by atoms with Gasteiger partial charge >= 0.3 is 6.09 Å². The molecule has 0 radical (unpaired) electrons. The number of benzene rings is 1. The fraction of sp³-hybridized carbons (Fsp3) is 0.300. The number of aliphatic hydroxyl groups is 1. The smallest absolute Gasteiger partial charge is 0.411 e. The quantitative estimate of drug-likeness (QED) is 0.753. The Morgan fingerprint density at radius 3 is 2.64 bits per heavy atom. The summed E-state index contributed by atoms with van der Waals surface area (Å²) in [6.45, 7) is 1.68. The van der Waals surface area contributed by atoms with E-state index in [1.165, 1.54) is 7.05 Å². The Kier molecular flexibility index (Phi) is 3.09. The van der Waals surface area contributed by atoms with Crippen molar-refractivity contribution < 1.29 is 15.0 Å². The summed E-state index contributed by atoms with van der Waals surface area (Å²) in [6, 6.07) is 5.28. The maximum Gasteiger partial charge on any atom is 0.411 e. The van der Waals surface area contributed by atoms with Gasteiger partial charge in [-0.15, -0.1) is 0 Å². The highest BCUT2D eigenvalue weighted by atomic mass is 16.4. The van der Waals surface area contributed by atoms with Crippen LogP contribution in [0, 0.1) is 6.92 Å². The number of carboxylic acid groups (broad SMARTS) is 1. The van der Waals surface area contributed by atoms with E-state index >= 15 is 0 Å². The van der Waals surface area contributed by atoms with Crippen molar-refractivity contribution in [2.45, 2.75) is 13.5 Å². The van der Waals surface area contributed by atoms with Gasteiger partial charge in [-0.2, -0.15) is 0 Å². The fourth-order valence-electron chi connectivity index (χ4n) is 1.31. The van der Waals surface area contributed by atoms with Gasteiger partial charge in [0.2, 0.25) is 0 Å². The SMILES string of the molecule is Cc1cccc(N(C)C(=O)O)c1CO. The summed E-state index contributed by atoms with van der Waals surface area (Å²) >= 11 is 0. The van der Waals surface area contributed by atoms with Gasteiger partial charge in [-0.1, -0.05) is 12.1 Å². The molecule has 0 aliphatic rings. The normalized spacial score (nSPS) is 9.93. The van der Waals surface area contributed by atoms with Crippen LogP contribution in [-0.4, -0.2) is 23.4 Å². The van der Waals surface area contributed by atoms with Gasteiger partial charge in [0.25, 0.3) is 0 Å². The van der Waals surface area contributed by atoms with Crippen molar-refractivity contribution in [3.05, 3.63) is 29.3 Å². The molecule has 76 valence electrons. The fourth-order valence-corrected chi connectivity index (χ4v) is 1.31. The van der Waals surface area contributed by atoms with E-state index in [1.54, 1.807) is 12.1 Å². The van der Waals surface area contributed by atoms with E-state index in [9.17, 15) is 4.79 Å². The maximum atomic E-state index is 10.7. The Hall–Kier alpha value is -1.55. The second-order valence-electron chi connectivity index (χ2n) is 3.07. The molecule has 0 aliphatic carbocycles. The third kappa shape index (κ3) is 1.85. The number of aryl methyl sites for hydroxylation is 1. The van der Waals surface area contributed by atoms with Crippen LogP contribution in [0.5, 0.6) is 0 Å². The van der Waals surface area contributed by atoms with Gasteiger partial charge in [-0.25, -0.2) is 4.79 Å². The van der Waals surface area contributed by atoms with Gasteiger partial charge in [0.15, 0.2) is 0 Å². The summed E-state index contributed by atoms with van der Waals surface area (Å²) in [5.74, 6) is 0. The summed E-state index contributed by atoms with van der Waals surface area (Å²) in [7, 11) is 1.45. The average Bonchev–Trinajstić information content (AvgIpc) is 2.16. The van der Waals surface area contributed by atoms with Crippen molar-refractivity contribution in [2.75, 3.05) is 11.9 Å². The first-order valence-electron chi connectivity index (χ1n) is 4.24. The minimum absolute atomic E-state index is 0.153. The number of hydrogen-bond donors (Lipinski definition) is 2. The zero-order valence-electron chi connectivity index (χ0n) is 8.19. The topological polar surface area (TPSA) is 60.8 Å². The van der Waals surface area contributed by atoms with Crippen LogP contribution in [0.4, 0.5) is 10.5 Å². The van der Waals surface area contributed by atoms with Crippen molar-refractivity contribution in [2.24, 2.45) is 0 Å². The average molecular weight is 195 g/mol. The molecule has 14 heavy (non-hydrogen) atoms. The number of carbonyl (C=O) groups is 1. The highest BCUT2D eigenvalue weighted by Crippen LogP contribution is 2.22. The molecule has 0 aromatic heterocycles. The van der Waals surface area contributed by atoms with Crippen molar-refractivity contribution >= 4 is 11.8 Å². The molecule has 0 fully saturated rings. The van der Waals surface area contributed by atoms with E-state index in [-0.39, 0.29) is 6.61 Å². The third-order valence-electron chi connectivity index (χ3n) is 2.19. The lowest BCUT2D eigenvalue weighted by Crippen LogP contribution is -2.25. The summed E-state index contributed by atoms with van der Waals surface area (Å²) in [5.41, 5.74) is 2.07. The molecule has 1 amide bonds. The highest BCUT2D eigenvalue weighted by Gasteiger charge is 2.13. The van der Waals surface area contributed by atoms with E-state index in [4.69, 9.17) is 10.2 Å². The Bertz CT molecular complexity index is 349. The molecule has 0 atom stereocenters. The van der Waals surface area contributed by atoms with Crippen LogP contribution < -0.4 is 4.90 Å². The summed E-state index contributed by atoms with van der Waals surface area (Å²) in [4.78, 5) is 11.8. The largest absolute Gasteiger partial charge is 0.465 e. The summed E-state index contributed by atoms with van der Waals surface area (Å²) < 4.78 is 0. The number of aliphatic hydroxyl groups excluding tert-OH is 1. The first-order chi connectivity index (χ1) is 6.57. The second kappa shape index (κ2) is 4.11. The molecule has 1 rings (SSSR count). The van der Waals surface area contributed by atoms with Crippen LogP contribution in [0.2, 0.25) is 0 Å². The van der Waals surface area contributed by atoms with Crippen molar-refractivity contribution in [3.63, 3.8) is 0 Å². The molecular formula is C10H13NO3. The molecule has 0 unspecified atom stereocenters. The standard InChI is InChI=1S/C10H13NO3/c1-7-4-3-5-9(8(7)6-12)11(2)10(13)14/h3-5,12H,6H2,1-2H3,(H,13,14). The lowest BCUT2D eigenvalue weighted by atomic mass is 10.1. The highest BCUT2D eigenvalue weighted by molar-refractivity contribution is 5.86. The van der Waals surface area contributed by atoms with E-state index in [0.29, 0.717) is 11.3 Å². The molecule has 1 aromatic carbocycles. The molecule has 0 heterocycles. The molecule has 4 heteroatoms. The number of rotatable bonds is 2. The number of anilines is 1. The van der Waals surface area contributed by atoms with E-state index < -0.39 is 6.09 Å². The first-order valence-corrected chi connectivity index (χ1v) is 4.24. The predicted octanol–water partition coefficient (Wildman–Crippen LogP) is 1.60. The van der Waals surface area contributed by atoms with Crippen LogP contribution >= 0.6 is 0 Å². The van der Waals surface area contributed by atoms with Crippen molar-refractivity contribution in [1.29, 1.82) is 0 Å². The van der Waals surface area contributed by atoms with Crippen LogP contribution in [-0.2, 0) is 6.61 Å². The first kappa shape index (κ1) is 10.5. The van der Waals surface area contributed by atoms with Crippen LogP contribution in [0.15, 0.2) is 18.2 Å². The molecule has 0 bridgehead atoms. The third-order valence-corrected chi connectivity index (χ3v) is 2.19. The number of amides is 1. The Morgan fingerprint density at radius 2 is 2.14 bits per heavy atom. The van der Waals surface area contributed by atoms with E-state index in [2.05, 4.69) is 0 Å². The Labute approximate surface area is 82.4 Å². The minimum Gasteiger partial charge on any atom is -0.465 e. The van der Waals surface area contributed by atoms with Crippen molar-refractivity contribution in [3.8, 4) is 0 Å². The van der Waals surface area contributed by atoms with Gasteiger partial charge in [-0.05, 0) is 18.6 Å². The van der Waals surface area contributed by atoms with E-state index in [1.807, 2.05) is 13.0 Å². The molecule has 0 spiro atoms. The van der Waals surface area contributed by atoms with Gasteiger partial charge < -0.3 is 10.2 Å². The molecule has 2 N–H and O–H groups in total. The molecule has 0 saturated heterocycles. The lowest BCUT2D eigenvalue weighted by Gasteiger charge is -2.17.